The van der Waals surface area contributed by atoms with Gasteiger partial charge in [-0.15, -0.1) is 0 Å². The molecule has 0 radical (unpaired) electrons. The molecule has 3 nitrogen and oxygen atoms in total. The summed E-state index contributed by atoms with van der Waals surface area (Å²) >= 11 is 3.02. The van der Waals surface area contributed by atoms with E-state index < -0.39 is 31.1 Å². The lowest BCUT2D eigenvalue weighted by molar-refractivity contribution is -0.174. The third kappa shape index (κ3) is 5.46. The Morgan fingerprint density at radius 1 is 1.39 bits per heavy atom. The van der Waals surface area contributed by atoms with Gasteiger partial charge in [0.15, 0.2) is 0 Å². The van der Waals surface area contributed by atoms with E-state index in [4.69, 9.17) is 0 Å². The van der Waals surface area contributed by atoms with Crippen molar-refractivity contribution < 1.29 is 27.1 Å². The number of halogens is 5. The van der Waals surface area contributed by atoms with Crippen molar-refractivity contribution in [3.8, 4) is 0 Å². The zero-order valence-electron chi connectivity index (χ0n) is 8.85. The topological polar surface area (TPSA) is 38.3 Å². The minimum Gasteiger partial charge on any atom is -0.362 e. The van der Waals surface area contributed by atoms with E-state index in [0.717, 1.165) is 6.07 Å². The largest absolute Gasteiger partial charge is 0.411 e. The van der Waals surface area contributed by atoms with Gasteiger partial charge >= 0.3 is 6.18 Å². The Kier molecular flexibility index (Phi) is 5.09. The third-order valence-corrected chi connectivity index (χ3v) is 2.20. The molecule has 18 heavy (non-hydrogen) atoms. The Morgan fingerprint density at radius 3 is 2.61 bits per heavy atom. The van der Waals surface area contributed by atoms with Crippen LogP contribution in [0, 0.1) is 5.82 Å². The molecule has 0 aliphatic heterocycles. The number of amides is 1. The van der Waals surface area contributed by atoms with Gasteiger partial charge in [0.2, 0.25) is 5.91 Å². The van der Waals surface area contributed by atoms with Gasteiger partial charge in [-0.3, -0.25) is 4.79 Å². The Balaban J connectivity index is 2.45. The molecule has 0 aliphatic rings. The van der Waals surface area contributed by atoms with Crippen molar-refractivity contribution in [2.24, 2.45) is 0 Å². The number of carbonyl (C=O) groups excluding carboxylic acids is 1. The van der Waals surface area contributed by atoms with Crippen molar-refractivity contribution in [3.05, 3.63) is 28.5 Å². The zero-order valence-corrected chi connectivity index (χ0v) is 10.4. The van der Waals surface area contributed by atoms with E-state index in [0.29, 0.717) is 4.47 Å². The molecule has 1 rings (SSSR count). The summed E-state index contributed by atoms with van der Waals surface area (Å²) in [4.78, 5) is 11.2. The van der Waals surface area contributed by atoms with Crippen LogP contribution in [0.3, 0.4) is 0 Å². The van der Waals surface area contributed by atoms with Gasteiger partial charge in [-0.05, 0) is 18.2 Å². The van der Waals surface area contributed by atoms with Gasteiger partial charge in [0.25, 0.3) is 0 Å². The summed E-state index contributed by atoms with van der Waals surface area (Å²) in [5.41, 5.74) is -0.126. The highest BCUT2D eigenvalue weighted by atomic mass is 79.9. The quantitative estimate of drug-likeness (QED) is 0.862. The predicted octanol–water partition coefficient (Wildman–Crippen LogP) is 3.11. The van der Waals surface area contributed by atoms with Crippen LogP contribution in [0.15, 0.2) is 22.7 Å². The number of rotatable bonds is 4. The van der Waals surface area contributed by atoms with Crippen LogP contribution in [-0.4, -0.2) is 25.3 Å². The number of anilines is 1. The normalized spacial score (nSPS) is 11.4. The van der Waals surface area contributed by atoms with Crippen LogP contribution in [0.5, 0.6) is 0 Å². The monoisotopic (exact) mass is 329 g/mol. The predicted molar refractivity (Wildman–Crippen MR) is 59.6 cm³/mol. The van der Waals surface area contributed by atoms with E-state index in [1.165, 1.54) is 12.1 Å². The fraction of sp³-hybridized carbons (Fsp3) is 0.300. The van der Waals surface area contributed by atoms with E-state index in [-0.39, 0.29) is 5.69 Å². The molecule has 0 heterocycles. The first kappa shape index (κ1) is 14.9. The van der Waals surface area contributed by atoms with Gasteiger partial charge in [-0.1, -0.05) is 15.9 Å². The van der Waals surface area contributed by atoms with Crippen LogP contribution in [-0.2, 0) is 9.53 Å². The molecule has 0 spiro atoms. The molecule has 0 saturated heterocycles. The maximum Gasteiger partial charge on any atom is 0.411 e. The summed E-state index contributed by atoms with van der Waals surface area (Å²) in [7, 11) is 0. The Hall–Kier alpha value is -1.15. The molecule has 1 aromatic rings. The lowest BCUT2D eigenvalue weighted by Crippen LogP contribution is -2.24. The molecule has 0 aromatic heterocycles. The molecule has 1 aromatic carbocycles. The highest BCUT2D eigenvalue weighted by Crippen LogP contribution is 2.19. The first-order chi connectivity index (χ1) is 8.28. The van der Waals surface area contributed by atoms with Gasteiger partial charge in [0, 0.05) is 4.47 Å². The van der Waals surface area contributed by atoms with Gasteiger partial charge in [0.1, 0.15) is 19.0 Å². The van der Waals surface area contributed by atoms with Crippen molar-refractivity contribution >= 4 is 27.5 Å². The summed E-state index contributed by atoms with van der Waals surface area (Å²) in [5, 5.41) is 2.10. The molecule has 0 fully saturated rings. The van der Waals surface area contributed by atoms with Gasteiger partial charge in [0.05, 0.1) is 5.69 Å². The molecular formula is C10H8BrF4NO2. The number of carbonyl (C=O) groups is 1. The van der Waals surface area contributed by atoms with E-state index in [1.54, 1.807) is 0 Å². The number of hydrogen-bond donors (Lipinski definition) is 1. The fourth-order valence-electron chi connectivity index (χ4n) is 1.04. The summed E-state index contributed by atoms with van der Waals surface area (Å²) in [5.74, 6) is -1.56. The number of hydrogen-bond acceptors (Lipinski definition) is 2. The number of nitrogens with one attached hydrogen (secondary N) is 1. The van der Waals surface area contributed by atoms with Crippen LogP contribution in [0.2, 0.25) is 0 Å². The van der Waals surface area contributed by atoms with Crippen LogP contribution in [0.25, 0.3) is 0 Å². The van der Waals surface area contributed by atoms with Crippen LogP contribution in [0.1, 0.15) is 0 Å². The molecule has 0 unspecified atom stereocenters. The standard InChI is InChI=1S/C10H8BrF4NO2/c11-6-1-2-8(7(12)3-6)16-9(17)4-18-5-10(13,14)15/h1-3H,4-5H2,(H,16,17). The van der Waals surface area contributed by atoms with Crippen molar-refractivity contribution in [1.82, 2.24) is 0 Å². The van der Waals surface area contributed by atoms with Crippen molar-refractivity contribution in [1.29, 1.82) is 0 Å². The highest BCUT2D eigenvalue weighted by Gasteiger charge is 2.27. The second-order valence-corrected chi connectivity index (χ2v) is 4.20. The molecule has 0 aliphatic carbocycles. The lowest BCUT2D eigenvalue weighted by Gasteiger charge is -2.09. The van der Waals surface area contributed by atoms with Crippen molar-refractivity contribution in [2.75, 3.05) is 18.5 Å². The number of benzene rings is 1. The zero-order chi connectivity index (χ0) is 13.8. The summed E-state index contributed by atoms with van der Waals surface area (Å²) in [6.45, 7) is -2.32. The summed E-state index contributed by atoms with van der Waals surface area (Å²) in [6, 6.07) is 3.88. The fourth-order valence-corrected chi connectivity index (χ4v) is 1.37. The summed E-state index contributed by atoms with van der Waals surface area (Å²) < 4.78 is 53.0. The molecule has 1 amide bonds. The van der Waals surface area contributed by atoms with E-state index in [2.05, 4.69) is 26.0 Å². The number of ether oxygens (including phenoxy) is 1. The van der Waals surface area contributed by atoms with Gasteiger partial charge < -0.3 is 10.1 Å². The Morgan fingerprint density at radius 2 is 2.06 bits per heavy atom. The average molecular weight is 330 g/mol. The van der Waals surface area contributed by atoms with Crippen LogP contribution in [0.4, 0.5) is 23.2 Å². The molecule has 0 bridgehead atoms. The molecule has 0 atom stereocenters. The minimum absolute atomic E-state index is 0.126. The maximum atomic E-state index is 13.3. The van der Waals surface area contributed by atoms with E-state index in [1.807, 2.05) is 0 Å². The van der Waals surface area contributed by atoms with Gasteiger partial charge in [-0.25, -0.2) is 4.39 Å². The molecule has 100 valence electrons. The van der Waals surface area contributed by atoms with Crippen LogP contribution >= 0.6 is 15.9 Å². The minimum atomic E-state index is -4.50. The second kappa shape index (κ2) is 6.14. The second-order valence-electron chi connectivity index (χ2n) is 3.28. The lowest BCUT2D eigenvalue weighted by atomic mass is 10.3. The van der Waals surface area contributed by atoms with Gasteiger partial charge in [-0.2, -0.15) is 13.2 Å². The van der Waals surface area contributed by atoms with E-state index >= 15 is 0 Å². The molecule has 8 heteroatoms. The number of alkyl halides is 3. The molecular weight excluding hydrogens is 322 g/mol. The highest BCUT2D eigenvalue weighted by molar-refractivity contribution is 9.10. The van der Waals surface area contributed by atoms with Crippen LogP contribution < -0.4 is 5.32 Å². The molecule has 1 N–H and O–H groups in total. The molecule has 0 saturated carbocycles. The van der Waals surface area contributed by atoms with Crippen molar-refractivity contribution in [3.63, 3.8) is 0 Å². The average Bonchev–Trinajstić information content (AvgIpc) is 2.20. The third-order valence-electron chi connectivity index (χ3n) is 1.70. The Bertz CT molecular complexity index is 436. The summed E-state index contributed by atoms with van der Waals surface area (Å²) in [6.07, 6.45) is -4.50. The maximum absolute atomic E-state index is 13.3. The van der Waals surface area contributed by atoms with Crippen molar-refractivity contribution in [2.45, 2.75) is 6.18 Å². The Labute approximate surface area is 108 Å². The SMILES string of the molecule is O=C(COCC(F)(F)F)Nc1ccc(Br)cc1F. The smallest absolute Gasteiger partial charge is 0.362 e. The first-order valence-electron chi connectivity index (χ1n) is 4.67. The van der Waals surface area contributed by atoms with E-state index in [9.17, 15) is 22.4 Å². The first-order valence-corrected chi connectivity index (χ1v) is 5.46.